The second-order valence-electron chi connectivity index (χ2n) is 4.86. The average Bonchev–Trinajstić information content (AvgIpc) is 2.23. The highest BCUT2D eigenvalue weighted by Gasteiger charge is 2.26. The molecule has 0 N–H and O–H groups in total. The average molecular weight is 293 g/mol. The maximum absolute atomic E-state index is 11.2. The smallest absolute Gasteiger partial charge is 0.321 e. The molecule has 0 aromatic heterocycles. The maximum atomic E-state index is 11.2. The van der Waals surface area contributed by atoms with Crippen molar-refractivity contribution in [2.45, 2.75) is 44.0 Å². The van der Waals surface area contributed by atoms with Gasteiger partial charge in [0.05, 0.1) is 19.8 Å². The van der Waals surface area contributed by atoms with E-state index < -0.39 is 0 Å². The predicted molar refractivity (Wildman–Crippen MR) is 66.7 cm³/mol. The second kappa shape index (κ2) is 6.60. The number of hydrogen-bond acceptors (Lipinski definition) is 3. The molecule has 1 saturated carbocycles. The van der Waals surface area contributed by atoms with Crippen LogP contribution in [0.25, 0.3) is 0 Å². The van der Waals surface area contributed by atoms with Crippen molar-refractivity contribution in [3.63, 3.8) is 0 Å². The maximum Gasteiger partial charge on any atom is 0.321 e. The van der Waals surface area contributed by atoms with Gasteiger partial charge in [-0.05, 0) is 31.1 Å². The van der Waals surface area contributed by atoms with Crippen molar-refractivity contribution in [1.82, 2.24) is 0 Å². The highest BCUT2D eigenvalue weighted by molar-refractivity contribution is 9.10. The van der Waals surface area contributed by atoms with E-state index in [4.69, 9.17) is 4.74 Å². The molecule has 0 bridgehead atoms. The van der Waals surface area contributed by atoms with Crippen molar-refractivity contribution in [3.05, 3.63) is 0 Å². The molecule has 4 heteroatoms. The van der Waals surface area contributed by atoms with E-state index in [-0.39, 0.29) is 10.8 Å². The van der Waals surface area contributed by atoms with Crippen LogP contribution in [-0.2, 0) is 14.3 Å². The number of esters is 1. The van der Waals surface area contributed by atoms with Crippen LogP contribution >= 0.6 is 15.9 Å². The first-order valence-corrected chi connectivity index (χ1v) is 6.78. The van der Waals surface area contributed by atoms with Gasteiger partial charge in [0.1, 0.15) is 4.83 Å². The lowest BCUT2D eigenvalue weighted by Crippen LogP contribution is -2.30. The molecular weight excluding hydrogens is 272 g/mol. The van der Waals surface area contributed by atoms with Crippen LogP contribution in [0.4, 0.5) is 0 Å². The topological polar surface area (TPSA) is 35.5 Å². The van der Waals surface area contributed by atoms with Gasteiger partial charge >= 0.3 is 5.97 Å². The summed E-state index contributed by atoms with van der Waals surface area (Å²) >= 11 is 3.26. The third kappa shape index (κ3) is 4.42. The van der Waals surface area contributed by atoms with Gasteiger partial charge in [0.25, 0.3) is 0 Å². The zero-order chi connectivity index (χ0) is 12.1. The van der Waals surface area contributed by atoms with E-state index in [9.17, 15) is 4.79 Å². The molecule has 3 atom stereocenters. The SMILES string of the molecule is COC(=O)C(Br)COC1CC(C)CC(C)C1. The van der Waals surface area contributed by atoms with Gasteiger partial charge in [0.2, 0.25) is 0 Å². The minimum Gasteiger partial charge on any atom is -0.468 e. The monoisotopic (exact) mass is 292 g/mol. The molecule has 0 aliphatic heterocycles. The first-order valence-electron chi connectivity index (χ1n) is 5.86. The lowest BCUT2D eigenvalue weighted by Gasteiger charge is -2.31. The zero-order valence-corrected chi connectivity index (χ0v) is 11.8. The Bertz CT molecular complexity index is 222. The van der Waals surface area contributed by atoms with Crippen molar-refractivity contribution in [2.75, 3.05) is 13.7 Å². The molecule has 1 rings (SSSR count). The number of carbonyl (C=O) groups is 1. The molecule has 0 saturated heterocycles. The molecule has 1 fully saturated rings. The predicted octanol–water partition coefficient (Wildman–Crippen LogP) is 2.76. The van der Waals surface area contributed by atoms with Crippen LogP contribution in [0, 0.1) is 11.8 Å². The van der Waals surface area contributed by atoms with Crippen LogP contribution in [-0.4, -0.2) is 30.6 Å². The Labute approximate surface area is 106 Å². The summed E-state index contributed by atoms with van der Waals surface area (Å²) in [5.74, 6) is 1.18. The third-order valence-electron chi connectivity index (χ3n) is 3.07. The minimum absolute atomic E-state index is 0.267. The zero-order valence-electron chi connectivity index (χ0n) is 10.2. The molecule has 3 unspecified atom stereocenters. The molecular formula is C12H21BrO3. The van der Waals surface area contributed by atoms with Crippen molar-refractivity contribution >= 4 is 21.9 Å². The lowest BCUT2D eigenvalue weighted by molar-refractivity contribution is -0.141. The minimum atomic E-state index is -0.343. The Hall–Kier alpha value is -0.0900. The van der Waals surface area contributed by atoms with E-state index in [1.54, 1.807) is 0 Å². The molecule has 0 aromatic carbocycles. The van der Waals surface area contributed by atoms with Gasteiger partial charge in [-0.3, -0.25) is 4.79 Å². The summed E-state index contributed by atoms with van der Waals surface area (Å²) in [6, 6.07) is 0. The van der Waals surface area contributed by atoms with Crippen LogP contribution in [0.3, 0.4) is 0 Å². The quantitative estimate of drug-likeness (QED) is 0.590. The molecule has 1 aliphatic carbocycles. The number of alkyl halides is 1. The molecule has 3 nitrogen and oxygen atoms in total. The van der Waals surface area contributed by atoms with E-state index in [1.807, 2.05) is 0 Å². The molecule has 94 valence electrons. The van der Waals surface area contributed by atoms with Gasteiger partial charge in [0.15, 0.2) is 0 Å². The Morgan fingerprint density at radius 2 is 1.88 bits per heavy atom. The third-order valence-corrected chi connectivity index (χ3v) is 3.71. The summed E-state index contributed by atoms with van der Waals surface area (Å²) in [7, 11) is 1.39. The summed E-state index contributed by atoms with van der Waals surface area (Å²) in [5, 5.41) is 0. The van der Waals surface area contributed by atoms with E-state index in [0.29, 0.717) is 12.7 Å². The van der Waals surface area contributed by atoms with Gasteiger partial charge in [-0.2, -0.15) is 0 Å². The Morgan fingerprint density at radius 3 is 2.38 bits per heavy atom. The lowest BCUT2D eigenvalue weighted by atomic mass is 9.82. The van der Waals surface area contributed by atoms with Crippen molar-refractivity contribution in [1.29, 1.82) is 0 Å². The summed E-state index contributed by atoms with van der Waals surface area (Å²) in [6.07, 6.45) is 3.79. The highest BCUT2D eigenvalue weighted by atomic mass is 79.9. The summed E-state index contributed by atoms with van der Waals surface area (Å²) < 4.78 is 10.4. The Kier molecular flexibility index (Phi) is 5.76. The summed E-state index contributed by atoms with van der Waals surface area (Å²) in [5.41, 5.74) is 0. The number of ether oxygens (including phenoxy) is 2. The van der Waals surface area contributed by atoms with Gasteiger partial charge in [0, 0.05) is 0 Å². The fourth-order valence-electron chi connectivity index (χ4n) is 2.43. The molecule has 0 aromatic rings. The van der Waals surface area contributed by atoms with E-state index in [0.717, 1.165) is 24.7 Å². The van der Waals surface area contributed by atoms with Gasteiger partial charge < -0.3 is 9.47 Å². The van der Waals surface area contributed by atoms with Crippen LogP contribution < -0.4 is 0 Å². The highest BCUT2D eigenvalue weighted by Crippen LogP contribution is 2.30. The largest absolute Gasteiger partial charge is 0.468 e. The number of rotatable bonds is 4. The van der Waals surface area contributed by atoms with E-state index in [1.165, 1.54) is 13.5 Å². The second-order valence-corrected chi connectivity index (χ2v) is 5.97. The molecule has 0 amide bonds. The van der Waals surface area contributed by atoms with E-state index >= 15 is 0 Å². The summed E-state index contributed by atoms with van der Waals surface area (Å²) in [4.78, 5) is 10.8. The van der Waals surface area contributed by atoms with E-state index in [2.05, 4.69) is 34.5 Å². The first kappa shape index (κ1) is 14.0. The summed E-state index contributed by atoms with van der Waals surface area (Å²) in [6.45, 7) is 4.92. The van der Waals surface area contributed by atoms with Crippen molar-refractivity contribution < 1.29 is 14.3 Å². The fourth-order valence-corrected chi connectivity index (χ4v) is 2.77. The number of halogens is 1. The molecule has 16 heavy (non-hydrogen) atoms. The Morgan fingerprint density at radius 1 is 1.31 bits per heavy atom. The first-order chi connectivity index (χ1) is 7.52. The van der Waals surface area contributed by atoms with Gasteiger partial charge in [-0.1, -0.05) is 29.8 Å². The van der Waals surface area contributed by atoms with Crippen LogP contribution in [0.5, 0.6) is 0 Å². The molecule has 1 aliphatic rings. The van der Waals surface area contributed by atoms with Gasteiger partial charge in [-0.15, -0.1) is 0 Å². The van der Waals surface area contributed by atoms with Crippen molar-refractivity contribution in [3.8, 4) is 0 Å². The number of methoxy groups -OCH3 is 1. The molecule has 0 heterocycles. The number of hydrogen-bond donors (Lipinski definition) is 0. The van der Waals surface area contributed by atoms with Crippen LogP contribution in [0.1, 0.15) is 33.1 Å². The number of carbonyl (C=O) groups excluding carboxylic acids is 1. The van der Waals surface area contributed by atoms with Gasteiger partial charge in [-0.25, -0.2) is 0 Å². The van der Waals surface area contributed by atoms with Crippen LogP contribution in [0.2, 0.25) is 0 Å². The fraction of sp³-hybridized carbons (Fsp3) is 0.917. The normalized spacial score (nSPS) is 32.1. The Balaban J connectivity index is 2.29. The molecule has 0 spiro atoms. The van der Waals surface area contributed by atoms with Crippen molar-refractivity contribution in [2.24, 2.45) is 11.8 Å². The standard InChI is InChI=1S/C12H21BrO3/c1-8-4-9(2)6-10(5-8)16-7-11(13)12(14)15-3/h8-11H,4-7H2,1-3H3. The van der Waals surface area contributed by atoms with Crippen LogP contribution in [0.15, 0.2) is 0 Å². The molecule has 0 radical (unpaired) electrons.